The first-order valence-electron chi connectivity index (χ1n) is 10.3. The summed E-state index contributed by atoms with van der Waals surface area (Å²) < 4.78 is 22.6. The van der Waals surface area contributed by atoms with Crippen LogP contribution in [0, 0.1) is 0 Å². The molecule has 2 aliphatic heterocycles. The van der Waals surface area contributed by atoms with E-state index in [1.165, 1.54) is 16.7 Å². The lowest BCUT2D eigenvalue weighted by Crippen LogP contribution is -2.39. The van der Waals surface area contributed by atoms with Crippen LogP contribution in [0.4, 0.5) is 0 Å². The average molecular weight is 415 g/mol. The van der Waals surface area contributed by atoms with Crippen LogP contribution < -0.4 is 18.9 Å². The highest BCUT2D eigenvalue weighted by atomic mass is 16.5. The van der Waals surface area contributed by atoms with E-state index in [9.17, 15) is 0 Å². The van der Waals surface area contributed by atoms with E-state index in [4.69, 9.17) is 29.2 Å². The predicted molar refractivity (Wildman–Crippen MR) is 112 cm³/mol. The monoisotopic (exact) mass is 415 g/mol. The molecule has 4 rings (SSSR count). The van der Waals surface area contributed by atoms with E-state index < -0.39 is 0 Å². The zero-order chi connectivity index (χ0) is 21.1. The van der Waals surface area contributed by atoms with Crippen molar-refractivity contribution in [1.29, 1.82) is 0 Å². The van der Waals surface area contributed by atoms with E-state index in [1.54, 1.807) is 14.2 Å². The third-order valence-corrected chi connectivity index (χ3v) is 5.89. The first-order valence-corrected chi connectivity index (χ1v) is 10.3. The minimum absolute atomic E-state index is 0.0324. The third-order valence-electron chi connectivity index (χ3n) is 5.89. The maximum atomic E-state index is 9.14. The lowest BCUT2D eigenvalue weighted by atomic mass is 9.83. The Morgan fingerprint density at radius 2 is 1.70 bits per heavy atom. The van der Waals surface area contributed by atoms with Crippen LogP contribution in [0.3, 0.4) is 0 Å². The number of nitrogens with zero attached hydrogens (tertiary/aromatic N) is 1. The molecule has 7 nitrogen and oxygen atoms in total. The molecule has 2 aromatic carbocycles. The molecule has 0 saturated carbocycles. The number of rotatable bonds is 8. The molecule has 0 aliphatic carbocycles. The quantitative estimate of drug-likeness (QED) is 0.683. The van der Waals surface area contributed by atoms with Crippen molar-refractivity contribution in [2.75, 3.05) is 47.2 Å². The van der Waals surface area contributed by atoms with Crippen LogP contribution in [0.5, 0.6) is 23.0 Å². The van der Waals surface area contributed by atoms with E-state index in [0.717, 1.165) is 37.2 Å². The van der Waals surface area contributed by atoms with Gasteiger partial charge in [-0.3, -0.25) is 4.90 Å². The summed E-state index contributed by atoms with van der Waals surface area (Å²) in [5.41, 5.74) is 4.92. The molecular weight excluding hydrogens is 386 g/mol. The molecule has 0 radical (unpaired) electrons. The Balaban J connectivity index is 1.68. The third kappa shape index (κ3) is 3.80. The summed E-state index contributed by atoms with van der Waals surface area (Å²) in [4.78, 5) is 2.46. The Bertz CT molecular complexity index is 900. The normalized spacial score (nSPS) is 17.5. The molecule has 7 heteroatoms. The highest BCUT2D eigenvalue weighted by molar-refractivity contribution is 5.54. The molecule has 0 spiro atoms. The van der Waals surface area contributed by atoms with Crippen LogP contribution in [0.25, 0.3) is 0 Å². The van der Waals surface area contributed by atoms with Gasteiger partial charge in [0.05, 0.1) is 27.4 Å². The van der Waals surface area contributed by atoms with Crippen molar-refractivity contribution in [1.82, 2.24) is 4.90 Å². The Hall–Kier alpha value is -2.48. The Labute approximate surface area is 176 Å². The Kier molecular flexibility index (Phi) is 6.32. The lowest BCUT2D eigenvalue weighted by Gasteiger charge is -2.42. The Morgan fingerprint density at radius 1 is 0.933 bits per heavy atom. The van der Waals surface area contributed by atoms with Crippen LogP contribution in [0.1, 0.15) is 28.3 Å². The second kappa shape index (κ2) is 9.12. The van der Waals surface area contributed by atoms with Crippen LogP contribution >= 0.6 is 0 Å². The van der Waals surface area contributed by atoms with Crippen LogP contribution in [-0.4, -0.2) is 62.3 Å². The van der Waals surface area contributed by atoms with Gasteiger partial charge in [-0.2, -0.15) is 0 Å². The molecule has 2 heterocycles. The maximum Gasteiger partial charge on any atom is 0.165 e. The number of methoxy groups -OCH3 is 2. The molecule has 1 atom stereocenters. The standard InChI is InChI=1S/C23H29NO6/c1-27-21-12-16-5-6-24-14-18-15(3-4-20(23(18)28-2)29-9-7-25)11-19(24)17(16)13-22(21)30-10-8-26/h3-4,12-13,19,25-26H,5-11,14H2,1-2H3/t19-/m0/s1. The molecule has 30 heavy (non-hydrogen) atoms. The first kappa shape index (κ1) is 20.8. The molecule has 2 N–H and O–H groups in total. The van der Waals surface area contributed by atoms with Gasteiger partial charge >= 0.3 is 0 Å². The summed E-state index contributed by atoms with van der Waals surface area (Å²) in [5.74, 6) is 2.81. The number of aliphatic hydroxyl groups excluding tert-OH is 2. The second-order valence-electron chi connectivity index (χ2n) is 7.52. The second-order valence-corrected chi connectivity index (χ2v) is 7.52. The topological polar surface area (TPSA) is 80.6 Å². The molecular formula is C23H29NO6. The fourth-order valence-corrected chi connectivity index (χ4v) is 4.53. The number of hydrogen-bond acceptors (Lipinski definition) is 7. The number of benzene rings is 2. The van der Waals surface area contributed by atoms with Gasteiger partial charge in [0, 0.05) is 24.7 Å². The van der Waals surface area contributed by atoms with Crippen LogP contribution in [0.2, 0.25) is 0 Å². The van der Waals surface area contributed by atoms with Crippen molar-refractivity contribution in [3.8, 4) is 23.0 Å². The summed E-state index contributed by atoms with van der Waals surface area (Å²) in [6.45, 7) is 2.13. The lowest BCUT2D eigenvalue weighted by molar-refractivity contribution is 0.155. The molecule has 2 aromatic rings. The van der Waals surface area contributed by atoms with Gasteiger partial charge in [-0.25, -0.2) is 0 Å². The van der Waals surface area contributed by atoms with Crippen molar-refractivity contribution in [3.63, 3.8) is 0 Å². The number of fused-ring (bicyclic) bond motifs is 4. The molecule has 0 saturated heterocycles. The average Bonchev–Trinajstić information content (AvgIpc) is 2.78. The largest absolute Gasteiger partial charge is 0.493 e. The summed E-state index contributed by atoms with van der Waals surface area (Å²) in [6.07, 6.45) is 1.80. The molecule has 0 unspecified atom stereocenters. The highest BCUT2D eigenvalue weighted by Gasteiger charge is 2.35. The minimum Gasteiger partial charge on any atom is -0.493 e. The summed E-state index contributed by atoms with van der Waals surface area (Å²) in [6, 6.07) is 8.42. The zero-order valence-electron chi connectivity index (χ0n) is 17.5. The van der Waals surface area contributed by atoms with Gasteiger partial charge in [-0.05, 0) is 47.7 Å². The van der Waals surface area contributed by atoms with Gasteiger partial charge in [-0.1, -0.05) is 6.07 Å². The van der Waals surface area contributed by atoms with E-state index in [1.807, 2.05) is 6.07 Å². The molecule has 0 amide bonds. The fraction of sp³-hybridized carbons (Fsp3) is 0.478. The molecule has 162 valence electrons. The van der Waals surface area contributed by atoms with E-state index in [-0.39, 0.29) is 32.5 Å². The van der Waals surface area contributed by atoms with Gasteiger partial charge in [0.1, 0.15) is 13.2 Å². The fourth-order valence-electron chi connectivity index (χ4n) is 4.53. The van der Waals surface area contributed by atoms with E-state index >= 15 is 0 Å². The minimum atomic E-state index is -0.0380. The van der Waals surface area contributed by atoms with E-state index in [0.29, 0.717) is 17.2 Å². The SMILES string of the molecule is COc1cc2c(cc1OCCO)[C@@H]1Cc3ccc(OCCO)c(OC)c3CN1CC2. The summed E-state index contributed by atoms with van der Waals surface area (Å²) >= 11 is 0. The van der Waals surface area contributed by atoms with Crippen LogP contribution in [-0.2, 0) is 19.4 Å². The van der Waals surface area contributed by atoms with Gasteiger partial charge in [0.15, 0.2) is 23.0 Å². The van der Waals surface area contributed by atoms with Crippen molar-refractivity contribution < 1.29 is 29.2 Å². The molecule has 0 fully saturated rings. The smallest absolute Gasteiger partial charge is 0.165 e. The van der Waals surface area contributed by atoms with Gasteiger partial charge in [-0.15, -0.1) is 0 Å². The van der Waals surface area contributed by atoms with Crippen molar-refractivity contribution in [2.45, 2.75) is 25.4 Å². The molecule has 0 bridgehead atoms. The highest BCUT2D eigenvalue weighted by Crippen LogP contribution is 2.45. The van der Waals surface area contributed by atoms with Gasteiger partial charge < -0.3 is 29.2 Å². The predicted octanol–water partition coefficient (Wildman–Crippen LogP) is 2.10. The zero-order valence-corrected chi connectivity index (χ0v) is 17.5. The summed E-state index contributed by atoms with van der Waals surface area (Å²) in [7, 11) is 3.30. The van der Waals surface area contributed by atoms with Gasteiger partial charge in [0.2, 0.25) is 0 Å². The van der Waals surface area contributed by atoms with Crippen molar-refractivity contribution >= 4 is 0 Å². The van der Waals surface area contributed by atoms with Crippen molar-refractivity contribution in [2.24, 2.45) is 0 Å². The maximum absolute atomic E-state index is 9.14. The first-order chi connectivity index (χ1) is 14.7. The molecule has 2 aliphatic rings. The van der Waals surface area contributed by atoms with Crippen molar-refractivity contribution in [3.05, 3.63) is 46.5 Å². The number of aliphatic hydroxyl groups is 2. The van der Waals surface area contributed by atoms with E-state index in [2.05, 4.69) is 23.1 Å². The number of ether oxygens (including phenoxy) is 4. The van der Waals surface area contributed by atoms with Gasteiger partial charge in [0.25, 0.3) is 0 Å². The number of hydrogen-bond donors (Lipinski definition) is 2. The Morgan fingerprint density at radius 3 is 2.40 bits per heavy atom. The molecule has 0 aromatic heterocycles. The summed E-state index contributed by atoms with van der Waals surface area (Å²) in [5, 5.41) is 18.2. The van der Waals surface area contributed by atoms with Crippen LogP contribution in [0.15, 0.2) is 24.3 Å².